The lowest BCUT2D eigenvalue weighted by molar-refractivity contribution is 0.616. The molecular formula is C4H8N2O2S. The van der Waals surface area contributed by atoms with E-state index in [1.165, 1.54) is 0 Å². The zero-order valence-electron chi connectivity index (χ0n) is 4.65. The Labute approximate surface area is 54.8 Å². The van der Waals surface area contributed by atoms with Crippen LogP contribution >= 0.6 is 0 Å². The van der Waals surface area contributed by atoms with Crippen molar-refractivity contribution in [1.29, 1.82) is 0 Å². The SMILES string of the molecule is N[SH](=O)=O.c1cc[nH]c1. The van der Waals surface area contributed by atoms with Crippen LogP contribution in [0.5, 0.6) is 0 Å². The first kappa shape index (κ1) is 8.19. The van der Waals surface area contributed by atoms with Crippen molar-refractivity contribution in [2.45, 2.75) is 0 Å². The van der Waals surface area contributed by atoms with Gasteiger partial charge in [0.2, 0.25) is 0 Å². The number of nitrogens with one attached hydrogen (secondary N) is 1. The second-order valence-corrected chi connectivity index (χ2v) is 1.74. The lowest BCUT2D eigenvalue weighted by Crippen LogP contribution is -1.85. The molecule has 0 atom stereocenters. The van der Waals surface area contributed by atoms with E-state index in [0.29, 0.717) is 0 Å². The number of hydrogen-bond donors (Lipinski definition) is 3. The van der Waals surface area contributed by atoms with Crippen molar-refractivity contribution < 1.29 is 8.42 Å². The van der Waals surface area contributed by atoms with Crippen molar-refractivity contribution >= 4 is 10.9 Å². The Morgan fingerprint density at radius 2 is 1.56 bits per heavy atom. The number of thiol groups is 1. The smallest absolute Gasteiger partial charge is 0.198 e. The average Bonchev–Trinajstić information content (AvgIpc) is 2.11. The summed E-state index contributed by atoms with van der Waals surface area (Å²) in [5, 5.41) is 4.06. The second-order valence-electron chi connectivity index (χ2n) is 1.17. The first-order valence-electron chi connectivity index (χ1n) is 2.20. The van der Waals surface area contributed by atoms with E-state index >= 15 is 0 Å². The van der Waals surface area contributed by atoms with E-state index in [4.69, 9.17) is 8.42 Å². The summed E-state index contributed by atoms with van der Waals surface area (Å²) in [7, 11) is -2.62. The minimum Gasteiger partial charge on any atom is -0.368 e. The molecule has 52 valence electrons. The number of aromatic nitrogens is 1. The fourth-order valence-corrected chi connectivity index (χ4v) is 0.278. The number of rotatable bonds is 0. The summed E-state index contributed by atoms with van der Waals surface area (Å²) in [6, 6.07) is 3.89. The van der Waals surface area contributed by atoms with E-state index in [2.05, 4.69) is 10.1 Å². The lowest BCUT2D eigenvalue weighted by atomic mass is 10.7. The summed E-state index contributed by atoms with van der Waals surface area (Å²) < 4.78 is 17.6. The van der Waals surface area contributed by atoms with Gasteiger partial charge in [0, 0.05) is 12.4 Å². The van der Waals surface area contributed by atoms with Crippen LogP contribution in [0.3, 0.4) is 0 Å². The first-order chi connectivity index (χ1) is 4.23. The Bertz CT molecular complexity index is 167. The van der Waals surface area contributed by atoms with Crippen molar-refractivity contribution in [2.24, 2.45) is 5.14 Å². The van der Waals surface area contributed by atoms with Gasteiger partial charge in [0.15, 0.2) is 10.9 Å². The molecule has 1 heterocycles. The summed E-state index contributed by atoms with van der Waals surface area (Å²) in [6.45, 7) is 0. The Morgan fingerprint density at radius 1 is 1.22 bits per heavy atom. The topological polar surface area (TPSA) is 76.0 Å². The Balaban J connectivity index is 0.000000148. The molecule has 0 aliphatic rings. The van der Waals surface area contributed by atoms with Gasteiger partial charge in [0.1, 0.15) is 0 Å². The first-order valence-corrected chi connectivity index (χ1v) is 3.45. The minimum atomic E-state index is -2.62. The molecule has 0 amide bonds. The van der Waals surface area contributed by atoms with E-state index in [-0.39, 0.29) is 0 Å². The maximum absolute atomic E-state index is 8.81. The van der Waals surface area contributed by atoms with E-state index in [1.54, 1.807) is 0 Å². The minimum absolute atomic E-state index is 1.88. The Morgan fingerprint density at radius 3 is 1.67 bits per heavy atom. The second kappa shape index (κ2) is 5.33. The van der Waals surface area contributed by atoms with Crippen LogP contribution in [0.15, 0.2) is 24.5 Å². The molecule has 3 N–H and O–H groups in total. The molecule has 0 unspecified atom stereocenters. The molecular weight excluding hydrogens is 140 g/mol. The largest absolute Gasteiger partial charge is 0.368 e. The van der Waals surface area contributed by atoms with Gasteiger partial charge < -0.3 is 4.98 Å². The Hall–Kier alpha value is -0.810. The van der Waals surface area contributed by atoms with E-state index < -0.39 is 10.9 Å². The monoisotopic (exact) mass is 148 g/mol. The third-order valence-corrected chi connectivity index (χ3v) is 0.496. The van der Waals surface area contributed by atoms with Gasteiger partial charge in [-0.15, -0.1) is 0 Å². The molecule has 0 spiro atoms. The van der Waals surface area contributed by atoms with Gasteiger partial charge in [-0.3, -0.25) is 0 Å². The fraction of sp³-hybridized carbons (Fsp3) is 0. The van der Waals surface area contributed by atoms with Gasteiger partial charge in [0.25, 0.3) is 0 Å². The van der Waals surface area contributed by atoms with E-state index in [0.717, 1.165) is 0 Å². The van der Waals surface area contributed by atoms with E-state index in [1.807, 2.05) is 24.5 Å². The predicted molar refractivity (Wildman–Crippen MR) is 35.3 cm³/mol. The molecule has 1 rings (SSSR count). The molecule has 0 aliphatic carbocycles. The van der Waals surface area contributed by atoms with Gasteiger partial charge >= 0.3 is 0 Å². The molecule has 4 nitrogen and oxygen atoms in total. The zero-order chi connectivity index (χ0) is 7.11. The maximum Gasteiger partial charge on any atom is 0.198 e. The van der Waals surface area contributed by atoms with Crippen LogP contribution in [0.2, 0.25) is 0 Å². The molecule has 0 aromatic carbocycles. The van der Waals surface area contributed by atoms with Crippen LogP contribution in [0.1, 0.15) is 0 Å². The standard InChI is InChI=1S/C4H5N.H3NO2S/c1-2-4-5-3-1;1-4(2)3/h1-5H;4H,(H2,1,2,3). The highest BCUT2D eigenvalue weighted by Crippen LogP contribution is 1.72. The highest BCUT2D eigenvalue weighted by molar-refractivity contribution is 7.69. The molecule has 9 heavy (non-hydrogen) atoms. The third kappa shape index (κ3) is 11.0. The number of H-pyrrole nitrogens is 1. The quantitative estimate of drug-likeness (QED) is 0.433. The van der Waals surface area contributed by atoms with Crippen molar-refractivity contribution in [3.8, 4) is 0 Å². The molecule has 0 fully saturated rings. The number of nitrogens with two attached hydrogens (primary N) is 1. The van der Waals surface area contributed by atoms with Crippen LogP contribution < -0.4 is 5.14 Å². The average molecular weight is 148 g/mol. The lowest BCUT2D eigenvalue weighted by Gasteiger charge is -1.49. The predicted octanol–water partition coefficient (Wildman–Crippen LogP) is -0.514. The summed E-state index contributed by atoms with van der Waals surface area (Å²) >= 11 is 0. The van der Waals surface area contributed by atoms with Gasteiger partial charge in [-0.25, -0.2) is 13.6 Å². The van der Waals surface area contributed by atoms with Crippen LogP contribution in [-0.2, 0) is 10.9 Å². The maximum atomic E-state index is 8.81. The van der Waals surface area contributed by atoms with Crippen molar-refractivity contribution in [3.63, 3.8) is 0 Å². The van der Waals surface area contributed by atoms with Crippen LogP contribution in [-0.4, -0.2) is 13.4 Å². The number of aromatic amines is 1. The van der Waals surface area contributed by atoms with E-state index in [9.17, 15) is 0 Å². The van der Waals surface area contributed by atoms with Crippen molar-refractivity contribution in [2.75, 3.05) is 0 Å². The third-order valence-electron chi connectivity index (χ3n) is 0.496. The number of hydrogen-bond acceptors (Lipinski definition) is 2. The zero-order valence-corrected chi connectivity index (χ0v) is 5.54. The summed E-state index contributed by atoms with van der Waals surface area (Å²) in [6.07, 6.45) is 3.75. The molecule has 0 saturated carbocycles. The van der Waals surface area contributed by atoms with Gasteiger partial charge in [-0.05, 0) is 12.1 Å². The summed E-state index contributed by atoms with van der Waals surface area (Å²) in [5.74, 6) is 0. The van der Waals surface area contributed by atoms with Crippen LogP contribution in [0.4, 0.5) is 0 Å². The normalized spacial score (nSPS) is 8.22. The van der Waals surface area contributed by atoms with Gasteiger partial charge in [-0.1, -0.05) is 0 Å². The molecule has 0 saturated heterocycles. The molecule has 1 aromatic heterocycles. The summed E-state index contributed by atoms with van der Waals surface area (Å²) in [4.78, 5) is 2.86. The van der Waals surface area contributed by atoms with Crippen LogP contribution in [0, 0.1) is 0 Å². The highest BCUT2D eigenvalue weighted by atomic mass is 32.2. The summed E-state index contributed by atoms with van der Waals surface area (Å²) in [5.41, 5.74) is 0. The fourth-order valence-electron chi connectivity index (χ4n) is 0.278. The van der Waals surface area contributed by atoms with Crippen molar-refractivity contribution in [3.05, 3.63) is 24.5 Å². The molecule has 0 aliphatic heterocycles. The molecule has 0 radical (unpaired) electrons. The highest BCUT2D eigenvalue weighted by Gasteiger charge is 1.55. The van der Waals surface area contributed by atoms with Gasteiger partial charge in [0.05, 0.1) is 0 Å². The molecule has 5 heteroatoms. The Kier molecular flexibility index (Phi) is 4.85. The molecule has 1 aromatic rings. The van der Waals surface area contributed by atoms with Crippen LogP contribution in [0.25, 0.3) is 0 Å². The van der Waals surface area contributed by atoms with Crippen molar-refractivity contribution in [1.82, 2.24) is 4.98 Å². The van der Waals surface area contributed by atoms with Gasteiger partial charge in [-0.2, -0.15) is 0 Å². The molecule has 0 bridgehead atoms.